The van der Waals surface area contributed by atoms with Crippen molar-refractivity contribution < 1.29 is 60.5 Å². The number of hydrogen-bond acceptors (Lipinski definition) is 10. The van der Waals surface area contributed by atoms with Gasteiger partial charge in [-0.15, -0.1) is 0 Å². The van der Waals surface area contributed by atoms with Crippen LogP contribution in [-0.2, 0) is 28.9 Å². The van der Waals surface area contributed by atoms with Crippen LogP contribution >= 0.6 is 23.2 Å². The largest absolute Gasteiger partial charge is 0.478 e. The number of aromatic carboxylic acids is 2. The molecule has 3 N–H and O–H groups in total. The fourth-order valence-corrected chi connectivity index (χ4v) is 12.1. The van der Waals surface area contributed by atoms with Crippen molar-refractivity contribution in [3.8, 4) is 17.1 Å². The molecule has 10 rings (SSSR count). The van der Waals surface area contributed by atoms with Crippen molar-refractivity contribution in [1.82, 2.24) is 19.7 Å². The van der Waals surface area contributed by atoms with E-state index >= 15 is 13.6 Å². The second kappa shape index (κ2) is 22.9. The summed E-state index contributed by atoms with van der Waals surface area (Å²) in [5.74, 6) is -5.11. The number of carboxylic acids is 2. The number of rotatable bonds is 18. The number of alkyl halides is 3. The number of fused-ring (bicyclic) bond motifs is 1. The zero-order valence-electron chi connectivity index (χ0n) is 44.0. The Morgan fingerprint density at radius 1 is 0.852 bits per heavy atom. The van der Waals surface area contributed by atoms with Crippen LogP contribution in [0.15, 0.2) is 114 Å². The van der Waals surface area contributed by atoms with Gasteiger partial charge in [0.15, 0.2) is 17.3 Å². The van der Waals surface area contributed by atoms with E-state index in [1.54, 1.807) is 48.7 Å². The van der Waals surface area contributed by atoms with Crippen LogP contribution in [0.1, 0.15) is 116 Å². The van der Waals surface area contributed by atoms with Gasteiger partial charge in [-0.25, -0.2) is 28.3 Å². The number of pyridine rings is 1. The molecule has 0 spiro atoms. The smallest absolute Gasteiger partial charge is 0.435 e. The minimum atomic E-state index is -4.90. The van der Waals surface area contributed by atoms with Crippen LogP contribution in [0.5, 0.6) is 5.88 Å². The SMILES string of the molecule is CO[C@H](c1ccccc1)c1nc2cc(F)c(F)cc2n1C(C(=O)Nc1ccc(C(=O)O)cc1C)C1CCC(C2CC2c2onc(-c3c(Cl)cccc3Cl)c2COc2ccc(N(C)Cc3ccc(C(=O)O)c(C)c3)c(C(F)(F)F)n2)CC1. The van der Waals surface area contributed by atoms with Crippen molar-refractivity contribution in [2.45, 2.75) is 83.3 Å². The van der Waals surface area contributed by atoms with Crippen LogP contribution in [0.4, 0.5) is 33.3 Å². The van der Waals surface area contributed by atoms with E-state index in [9.17, 15) is 33.0 Å². The van der Waals surface area contributed by atoms with Gasteiger partial charge >= 0.3 is 18.1 Å². The Bertz CT molecular complexity index is 3700. The number of imidazole rings is 1. The molecule has 2 aliphatic rings. The fraction of sp³-hybridized carbons (Fsp3) is 0.300. The van der Waals surface area contributed by atoms with Crippen molar-refractivity contribution in [3.05, 3.63) is 187 Å². The molecule has 5 aromatic carbocycles. The van der Waals surface area contributed by atoms with Gasteiger partial charge in [-0.1, -0.05) is 76.9 Å². The Kier molecular flexibility index (Phi) is 16.0. The maximum atomic E-state index is 15.4. The minimum absolute atomic E-state index is 0.0137. The van der Waals surface area contributed by atoms with Crippen LogP contribution in [0, 0.1) is 43.2 Å². The van der Waals surface area contributed by atoms with Crippen molar-refractivity contribution >= 4 is 63.5 Å². The summed E-state index contributed by atoms with van der Waals surface area (Å²) >= 11 is 13.4. The molecule has 4 atom stereocenters. The standard InChI is InChI=1S/C60H53Cl2F5N6O8/c1-30-23-32(13-19-37(30)59(77)78)28-72(3)47-21-22-49(70-55(47)60(65,66)67)80-29-40-51(50-41(61)11-8-12-42(50)62)71-81-54(40)39-25-38(39)33-14-16-34(17-15-33)52(57(74)69-45-20-18-36(58(75)76)24-31(45)2)73-48-27-44(64)43(63)26-46(48)68-56(73)53(79-4)35-9-6-5-7-10-35/h5-13,18-24,26-27,33-34,38-39,52-53H,14-17,25,28-29H2,1-4H3,(H,69,74)(H,75,76)(H,77,78)/t33?,34?,38?,39?,52?,53-/m1/s1. The predicted molar refractivity (Wildman–Crippen MR) is 293 cm³/mol. The average molecular weight is 1150 g/mol. The van der Waals surface area contributed by atoms with Gasteiger partial charge in [0.05, 0.1) is 43.5 Å². The number of methoxy groups -OCH3 is 1. The highest BCUT2D eigenvalue weighted by molar-refractivity contribution is 6.39. The van der Waals surface area contributed by atoms with Crippen molar-refractivity contribution in [3.63, 3.8) is 0 Å². The van der Waals surface area contributed by atoms with E-state index in [1.807, 2.05) is 30.3 Å². The van der Waals surface area contributed by atoms with E-state index in [0.717, 1.165) is 12.1 Å². The van der Waals surface area contributed by atoms with Crippen LogP contribution in [-0.4, -0.2) is 61.9 Å². The van der Waals surface area contributed by atoms with Crippen molar-refractivity contribution in [2.75, 3.05) is 24.4 Å². The van der Waals surface area contributed by atoms with Crippen molar-refractivity contribution in [1.29, 1.82) is 0 Å². The number of nitrogens with one attached hydrogen (secondary N) is 1. The lowest BCUT2D eigenvalue weighted by Gasteiger charge is -2.35. The van der Waals surface area contributed by atoms with Crippen LogP contribution in [0.2, 0.25) is 10.0 Å². The highest BCUT2D eigenvalue weighted by Gasteiger charge is 2.50. The summed E-state index contributed by atoms with van der Waals surface area (Å²) in [5.41, 5.74) is 2.54. The molecule has 1 amide bonds. The number of aryl methyl sites for hydroxylation is 2. The number of nitrogens with zero attached hydrogens (tertiary/aromatic N) is 5. The van der Waals surface area contributed by atoms with E-state index < -0.39 is 59.4 Å². The van der Waals surface area contributed by atoms with Gasteiger partial charge in [-0.3, -0.25) is 4.79 Å². The number of benzene rings is 5. The van der Waals surface area contributed by atoms with Crippen LogP contribution < -0.4 is 15.0 Å². The first-order chi connectivity index (χ1) is 38.7. The Morgan fingerprint density at radius 3 is 2.22 bits per heavy atom. The maximum Gasteiger partial charge on any atom is 0.435 e. The number of aromatic nitrogens is 4. The minimum Gasteiger partial charge on any atom is -0.478 e. The summed E-state index contributed by atoms with van der Waals surface area (Å²) in [4.78, 5) is 48.7. The number of ether oxygens (including phenoxy) is 2. The molecule has 3 aromatic heterocycles. The number of carboxylic acid groups (broad SMARTS) is 2. The van der Waals surface area contributed by atoms with E-state index in [0.29, 0.717) is 76.9 Å². The second-order valence-electron chi connectivity index (χ2n) is 20.7. The van der Waals surface area contributed by atoms with Gasteiger partial charge in [-0.05, 0) is 128 Å². The van der Waals surface area contributed by atoms with Gasteiger partial charge in [0.25, 0.3) is 0 Å². The van der Waals surface area contributed by atoms with Gasteiger partial charge in [0.2, 0.25) is 11.8 Å². The molecule has 2 saturated carbocycles. The van der Waals surface area contributed by atoms with Gasteiger partial charge in [0, 0.05) is 56.1 Å². The van der Waals surface area contributed by atoms with E-state index in [2.05, 4.69) is 15.5 Å². The summed E-state index contributed by atoms with van der Waals surface area (Å²) in [6, 6.07) is 26.5. The van der Waals surface area contributed by atoms with Crippen molar-refractivity contribution in [2.24, 2.45) is 17.8 Å². The molecule has 21 heteroatoms. The summed E-state index contributed by atoms with van der Waals surface area (Å²) < 4.78 is 94.8. The number of halogens is 7. The molecular formula is C60H53Cl2F5N6O8. The summed E-state index contributed by atoms with van der Waals surface area (Å²) in [5, 5.41) is 27.1. The number of anilines is 2. The lowest BCUT2D eigenvalue weighted by Crippen LogP contribution is -2.36. The first-order valence-electron chi connectivity index (χ1n) is 26.0. The lowest BCUT2D eigenvalue weighted by atomic mass is 9.75. The zero-order chi connectivity index (χ0) is 57.6. The Morgan fingerprint density at radius 2 is 1.57 bits per heavy atom. The third kappa shape index (κ3) is 11.6. The summed E-state index contributed by atoms with van der Waals surface area (Å²) in [6.07, 6.45) is -2.87. The highest BCUT2D eigenvalue weighted by atomic mass is 35.5. The van der Waals surface area contributed by atoms with Gasteiger partial charge < -0.3 is 39.0 Å². The molecule has 14 nitrogen and oxygen atoms in total. The first kappa shape index (κ1) is 56.4. The predicted octanol–water partition coefficient (Wildman–Crippen LogP) is 14.4. The maximum absolute atomic E-state index is 15.4. The number of carbonyl (C=O) groups excluding carboxylic acids is 1. The third-order valence-corrected chi connectivity index (χ3v) is 16.1. The topological polar surface area (TPSA) is 182 Å². The average Bonchev–Trinajstić information content (AvgIpc) is 4.04. The van der Waals surface area contributed by atoms with E-state index in [-0.39, 0.29) is 86.2 Å². The van der Waals surface area contributed by atoms with E-state index in [1.165, 1.54) is 55.5 Å². The molecule has 420 valence electrons. The molecule has 3 heterocycles. The number of amides is 1. The molecule has 2 fully saturated rings. The second-order valence-corrected chi connectivity index (χ2v) is 21.5. The molecule has 2 aliphatic carbocycles. The molecular weight excluding hydrogens is 1100 g/mol. The van der Waals surface area contributed by atoms with Crippen LogP contribution in [0.25, 0.3) is 22.3 Å². The summed E-state index contributed by atoms with van der Waals surface area (Å²) in [6.45, 7) is 2.97. The Labute approximate surface area is 471 Å². The van der Waals surface area contributed by atoms with Crippen LogP contribution in [0.3, 0.4) is 0 Å². The van der Waals surface area contributed by atoms with Gasteiger partial charge in [-0.2, -0.15) is 13.2 Å². The van der Waals surface area contributed by atoms with Gasteiger partial charge in [0.1, 0.15) is 36.0 Å². The quantitative estimate of drug-likeness (QED) is 0.0693. The molecule has 0 bridgehead atoms. The first-order valence-corrected chi connectivity index (χ1v) is 26.7. The molecule has 0 radical (unpaired) electrons. The monoisotopic (exact) mass is 1150 g/mol. The Hall–Kier alpha value is -7.87. The normalized spacial score (nSPS) is 17.9. The Balaban J connectivity index is 0.935. The molecule has 0 aliphatic heterocycles. The third-order valence-electron chi connectivity index (χ3n) is 15.5. The summed E-state index contributed by atoms with van der Waals surface area (Å²) in [7, 11) is 2.96. The molecule has 3 unspecified atom stereocenters. The zero-order valence-corrected chi connectivity index (χ0v) is 45.5. The lowest BCUT2D eigenvalue weighted by molar-refractivity contribution is -0.141. The highest BCUT2D eigenvalue weighted by Crippen LogP contribution is 2.58. The number of hydrogen-bond donors (Lipinski definition) is 3. The molecule has 8 aromatic rings. The van der Waals surface area contributed by atoms with E-state index in [4.69, 9.17) is 42.2 Å². The fourth-order valence-electron chi connectivity index (χ4n) is 11.5. The number of carbonyl (C=O) groups is 3. The molecule has 0 saturated heterocycles. The molecule has 81 heavy (non-hydrogen) atoms.